The smallest absolute Gasteiger partial charge is 0.417 e. The van der Waals surface area contributed by atoms with Gasteiger partial charge in [0.25, 0.3) is 0 Å². The zero-order valence-electron chi connectivity index (χ0n) is 18.9. The molecule has 2 aromatic carbocycles. The number of benzene rings is 2. The molecule has 1 heterocycles. The molecular formula is C21H20ClF3N4O6. The van der Waals surface area contributed by atoms with Crippen LogP contribution < -0.4 is 19.9 Å². The van der Waals surface area contributed by atoms with Crippen molar-refractivity contribution in [3.63, 3.8) is 0 Å². The number of carbonyl (C=O) groups is 1. The first kappa shape index (κ1) is 25.9. The molecule has 0 spiro atoms. The number of halogens is 4. The van der Waals surface area contributed by atoms with E-state index in [1.54, 1.807) is 0 Å². The van der Waals surface area contributed by atoms with E-state index in [9.17, 15) is 27.9 Å². The number of aromatic nitrogens is 4. The maximum absolute atomic E-state index is 12.9. The summed E-state index contributed by atoms with van der Waals surface area (Å²) in [6.07, 6.45) is -4.65. The number of nitrogens with zero attached hydrogens (tertiary/aromatic N) is 4. The van der Waals surface area contributed by atoms with Crippen LogP contribution in [-0.4, -0.2) is 50.7 Å². The molecule has 1 aromatic heterocycles. The molecule has 0 aliphatic carbocycles. The maximum atomic E-state index is 12.9. The lowest BCUT2D eigenvalue weighted by atomic mass is 10.1. The zero-order chi connectivity index (χ0) is 26.1. The summed E-state index contributed by atoms with van der Waals surface area (Å²) in [6.45, 7) is 2.59. The minimum Gasteiger partial charge on any atom is -0.493 e. The summed E-state index contributed by atoms with van der Waals surface area (Å²) in [4.78, 5) is 24.2. The Hall–Kier alpha value is -3.74. The second-order valence-corrected chi connectivity index (χ2v) is 8.15. The third-order valence-electron chi connectivity index (χ3n) is 4.87. The molecule has 10 nitrogen and oxygen atoms in total. The average molecular weight is 517 g/mol. The molecule has 0 bridgehead atoms. The van der Waals surface area contributed by atoms with E-state index in [-0.39, 0.29) is 29.5 Å². The van der Waals surface area contributed by atoms with E-state index in [2.05, 4.69) is 10.4 Å². The molecule has 0 atom stereocenters. The van der Waals surface area contributed by atoms with Crippen LogP contribution in [0.2, 0.25) is 5.02 Å². The van der Waals surface area contributed by atoms with Crippen molar-refractivity contribution in [2.75, 3.05) is 14.2 Å². The van der Waals surface area contributed by atoms with Crippen molar-refractivity contribution < 1.29 is 37.3 Å². The number of rotatable bonds is 8. The Balaban J connectivity index is 1.95. The fraction of sp³-hybridized carbons (Fsp3) is 0.333. The summed E-state index contributed by atoms with van der Waals surface area (Å²) in [6, 6.07) is 5.76. The molecule has 3 aromatic rings. The Labute approximate surface area is 201 Å². The molecule has 0 aliphatic rings. The van der Waals surface area contributed by atoms with Gasteiger partial charge in [-0.15, -0.1) is 0 Å². The predicted molar refractivity (Wildman–Crippen MR) is 117 cm³/mol. The van der Waals surface area contributed by atoms with Crippen molar-refractivity contribution in [1.29, 1.82) is 0 Å². The van der Waals surface area contributed by atoms with Crippen LogP contribution in [0.25, 0.3) is 5.69 Å². The van der Waals surface area contributed by atoms with Crippen LogP contribution in [0, 0.1) is 0 Å². The highest BCUT2D eigenvalue weighted by molar-refractivity contribution is 6.31. The number of tetrazole rings is 1. The number of ether oxygens (including phenoxy) is 3. The first-order chi connectivity index (χ1) is 16.3. The Morgan fingerprint density at radius 3 is 2.17 bits per heavy atom. The van der Waals surface area contributed by atoms with Crippen molar-refractivity contribution >= 4 is 17.6 Å². The van der Waals surface area contributed by atoms with Gasteiger partial charge < -0.3 is 19.3 Å². The van der Waals surface area contributed by atoms with Gasteiger partial charge in [-0.1, -0.05) is 11.6 Å². The van der Waals surface area contributed by atoms with Crippen molar-refractivity contribution in [3.05, 3.63) is 57.0 Å². The Morgan fingerprint density at radius 1 is 1.09 bits per heavy atom. The molecule has 0 saturated carbocycles. The summed E-state index contributed by atoms with van der Waals surface area (Å²) in [5.74, 6) is -0.883. The van der Waals surface area contributed by atoms with Crippen LogP contribution in [-0.2, 0) is 17.5 Å². The monoisotopic (exact) mass is 516 g/mol. The van der Waals surface area contributed by atoms with Crippen LogP contribution >= 0.6 is 11.6 Å². The quantitative estimate of drug-likeness (QED) is 0.484. The van der Waals surface area contributed by atoms with Gasteiger partial charge in [0.15, 0.2) is 17.1 Å². The number of carboxylic acids is 1. The molecule has 0 unspecified atom stereocenters. The van der Waals surface area contributed by atoms with E-state index in [4.69, 9.17) is 25.8 Å². The zero-order valence-corrected chi connectivity index (χ0v) is 19.6. The van der Waals surface area contributed by atoms with Crippen molar-refractivity contribution in [2.45, 2.75) is 32.2 Å². The maximum Gasteiger partial charge on any atom is 0.417 e. The standard InChI is InChI=1S/C21H20ClF3N4O6/c1-20(2,18(30)31)35-17-15(33-3)7-11(8-16(17)34-4)10-28-19(32)29(27-26-28)12-5-6-13(14(22)9-12)21(23,24)25/h5-9H,10H2,1-4H3,(H,30,31). The number of hydrogen-bond acceptors (Lipinski definition) is 7. The number of alkyl halides is 3. The minimum atomic E-state index is -4.65. The van der Waals surface area contributed by atoms with Gasteiger partial charge >= 0.3 is 17.8 Å². The third kappa shape index (κ3) is 5.34. The van der Waals surface area contributed by atoms with Gasteiger partial charge in [0.2, 0.25) is 5.75 Å². The van der Waals surface area contributed by atoms with Crippen LogP contribution in [0.5, 0.6) is 17.2 Å². The first-order valence-electron chi connectivity index (χ1n) is 9.85. The molecule has 0 fully saturated rings. The molecule has 0 radical (unpaired) electrons. The summed E-state index contributed by atoms with van der Waals surface area (Å²) in [5.41, 5.74) is -2.93. The van der Waals surface area contributed by atoms with E-state index in [1.165, 1.54) is 40.2 Å². The third-order valence-corrected chi connectivity index (χ3v) is 5.18. The van der Waals surface area contributed by atoms with Gasteiger partial charge in [0.1, 0.15) is 0 Å². The number of hydrogen-bond donors (Lipinski definition) is 1. The molecule has 188 valence electrons. The summed E-state index contributed by atoms with van der Waals surface area (Å²) in [5, 5.41) is 16.2. The fourth-order valence-corrected chi connectivity index (χ4v) is 3.28. The molecule has 3 rings (SSSR count). The number of methoxy groups -OCH3 is 2. The second kappa shape index (κ2) is 9.49. The largest absolute Gasteiger partial charge is 0.493 e. The van der Waals surface area contributed by atoms with E-state index >= 15 is 0 Å². The molecule has 0 aliphatic heterocycles. The molecule has 1 N–H and O–H groups in total. The molecule has 0 saturated heterocycles. The fourth-order valence-electron chi connectivity index (χ4n) is 3.00. The highest BCUT2D eigenvalue weighted by Gasteiger charge is 2.34. The minimum absolute atomic E-state index is 0.00550. The van der Waals surface area contributed by atoms with E-state index in [1.807, 2.05) is 0 Å². The SMILES string of the molecule is COc1cc(Cn2nnn(-c3ccc(C(F)(F)F)c(Cl)c3)c2=O)cc(OC)c1OC(C)(C)C(=O)O. The molecule has 35 heavy (non-hydrogen) atoms. The summed E-state index contributed by atoms with van der Waals surface area (Å²) >= 11 is 5.73. The van der Waals surface area contributed by atoms with Gasteiger partial charge in [-0.3, -0.25) is 0 Å². The Kier molecular flexibility index (Phi) is 7.01. The second-order valence-electron chi connectivity index (χ2n) is 7.74. The van der Waals surface area contributed by atoms with Crippen LogP contribution in [0.15, 0.2) is 35.1 Å². The van der Waals surface area contributed by atoms with Crippen molar-refractivity contribution in [1.82, 2.24) is 19.8 Å². The molecule has 14 heteroatoms. The molecule has 0 amide bonds. The van der Waals surface area contributed by atoms with Gasteiger partial charge in [-0.2, -0.15) is 22.5 Å². The van der Waals surface area contributed by atoms with Gasteiger partial charge in [0.05, 0.1) is 37.0 Å². The number of carboxylic acid groups (broad SMARTS) is 1. The Bertz CT molecular complexity index is 1290. The van der Waals surface area contributed by atoms with E-state index in [0.29, 0.717) is 5.56 Å². The van der Waals surface area contributed by atoms with Crippen molar-refractivity contribution in [3.8, 4) is 22.9 Å². The predicted octanol–water partition coefficient (Wildman–Crippen LogP) is 3.41. The van der Waals surface area contributed by atoms with Crippen LogP contribution in [0.3, 0.4) is 0 Å². The van der Waals surface area contributed by atoms with Gasteiger partial charge in [-0.05, 0) is 60.2 Å². The number of aliphatic carboxylic acids is 1. The lowest BCUT2D eigenvalue weighted by molar-refractivity contribution is -0.152. The van der Waals surface area contributed by atoms with E-state index < -0.39 is 34.0 Å². The summed E-state index contributed by atoms with van der Waals surface area (Å²) < 4.78 is 56.8. The van der Waals surface area contributed by atoms with Crippen LogP contribution in [0.4, 0.5) is 13.2 Å². The van der Waals surface area contributed by atoms with Gasteiger partial charge in [-0.25, -0.2) is 9.59 Å². The molecular weight excluding hydrogens is 497 g/mol. The highest BCUT2D eigenvalue weighted by Crippen LogP contribution is 2.41. The first-order valence-corrected chi connectivity index (χ1v) is 10.2. The van der Waals surface area contributed by atoms with E-state index in [0.717, 1.165) is 27.6 Å². The highest BCUT2D eigenvalue weighted by atomic mass is 35.5. The van der Waals surface area contributed by atoms with Crippen LogP contribution in [0.1, 0.15) is 25.0 Å². The topological polar surface area (TPSA) is 118 Å². The van der Waals surface area contributed by atoms with Crippen molar-refractivity contribution in [2.24, 2.45) is 0 Å². The Morgan fingerprint density at radius 2 is 1.69 bits per heavy atom. The normalized spacial score (nSPS) is 11.9. The lowest BCUT2D eigenvalue weighted by Crippen LogP contribution is -2.38. The lowest BCUT2D eigenvalue weighted by Gasteiger charge is -2.24. The van der Waals surface area contributed by atoms with Gasteiger partial charge in [0, 0.05) is 0 Å². The summed E-state index contributed by atoms with van der Waals surface area (Å²) in [7, 11) is 2.69. The average Bonchev–Trinajstić information content (AvgIpc) is 3.13.